The van der Waals surface area contributed by atoms with Crippen molar-refractivity contribution in [2.75, 3.05) is 0 Å². The van der Waals surface area contributed by atoms with Crippen LogP contribution in [0.5, 0.6) is 0 Å². The van der Waals surface area contributed by atoms with Gasteiger partial charge in [-0.05, 0) is 36.8 Å². The van der Waals surface area contributed by atoms with Gasteiger partial charge in [-0.25, -0.2) is 4.98 Å². The molecule has 0 fully saturated rings. The van der Waals surface area contributed by atoms with Crippen molar-refractivity contribution in [1.82, 2.24) is 4.98 Å². The zero-order chi connectivity index (χ0) is 18.4. The van der Waals surface area contributed by atoms with Gasteiger partial charge in [0.25, 0.3) is 5.60 Å². The van der Waals surface area contributed by atoms with E-state index in [1.807, 2.05) is 0 Å². The maximum atomic E-state index is 13.9. The van der Waals surface area contributed by atoms with E-state index >= 15 is 0 Å². The fourth-order valence-electron chi connectivity index (χ4n) is 2.56. The highest BCUT2D eigenvalue weighted by atomic mass is 35.5. The van der Waals surface area contributed by atoms with Gasteiger partial charge in [0.05, 0.1) is 12.1 Å². The molecule has 0 amide bonds. The molecule has 1 aliphatic rings. The Labute approximate surface area is 156 Å². The van der Waals surface area contributed by atoms with Gasteiger partial charge in [-0.15, -0.1) is 0 Å². The van der Waals surface area contributed by atoms with E-state index in [0.717, 1.165) is 0 Å². The smallest absolute Gasteiger partial charge is 0.374 e. The SMILES string of the molecule is Cc1cc(C2=NOC(c3cc(Cl)cc(Cl)c3)(C(F)(F)F)C2)cnc1Cl. The van der Waals surface area contributed by atoms with Crippen LogP contribution in [-0.2, 0) is 10.4 Å². The highest BCUT2D eigenvalue weighted by Crippen LogP contribution is 2.49. The van der Waals surface area contributed by atoms with E-state index in [1.165, 1.54) is 24.4 Å². The maximum absolute atomic E-state index is 13.9. The van der Waals surface area contributed by atoms with Gasteiger partial charge in [-0.1, -0.05) is 40.0 Å². The Morgan fingerprint density at radius 3 is 2.28 bits per heavy atom. The van der Waals surface area contributed by atoms with Crippen molar-refractivity contribution < 1.29 is 18.0 Å². The molecule has 0 bridgehead atoms. The van der Waals surface area contributed by atoms with Crippen LogP contribution in [0.15, 0.2) is 35.6 Å². The zero-order valence-corrected chi connectivity index (χ0v) is 14.9. The van der Waals surface area contributed by atoms with Gasteiger partial charge in [-0.2, -0.15) is 13.2 Å². The first-order chi connectivity index (χ1) is 11.6. The monoisotopic (exact) mass is 408 g/mol. The summed E-state index contributed by atoms with van der Waals surface area (Å²) in [6, 6.07) is 5.30. The molecule has 1 aromatic heterocycles. The van der Waals surface area contributed by atoms with Crippen LogP contribution >= 0.6 is 34.8 Å². The molecule has 0 spiro atoms. The molecule has 0 saturated carbocycles. The van der Waals surface area contributed by atoms with Crippen LogP contribution in [0.2, 0.25) is 15.2 Å². The van der Waals surface area contributed by atoms with Gasteiger partial charge in [0.1, 0.15) is 5.15 Å². The molecule has 3 rings (SSSR count). The highest BCUT2D eigenvalue weighted by molar-refractivity contribution is 6.34. The van der Waals surface area contributed by atoms with Crippen molar-refractivity contribution in [3.63, 3.8) is 0 Å². The number of rotatable bonds is 2. The first-order valence-electron chi connectivity index (χ1n) is 7.03. The van der Waals surface area contributed by atoms with Crippen molar-refractivity contribution in [2.45, 2.75) is 25.1 Å². The lowest BCUT2D eigenvalue weighted by molar-refractivity contribution is -0.275. The largest absolute Gasteiger partial charge is 0.435 e. The summed E-state index contributed by atoms with van der Waals surface area (Å²) in [6.07, 6.45) is -3.91. The van der Waals surface area contributed by atoms with E-state index in [2.05, 4.69) is 10.1 Å². The van der Waals surface area contributed by atoms with Gasteiger partial charge in [0.15, 0.2) is 0 Å². The Kier molecular flexibility index (Phi) is 4.64. The Morgan fingerprint density at radius 2 is 1.72 bits per heavy atom. The molecule has 25 heavy (non-hydrogen) atoms. The lowest BCUT2D eigenvalue weighted by Crippen LogP contribution is -2.42. The summed E-state index contributed by atoms with van der Waals surface area (Å²) in [5.41, 5.74) is -1.74. The normalized spacial score (nSPS) is 20.4. The van der Waals surface area contributed by atoms with E-state index in [1.54, 1.807) is 13.0 Å². The number of halogens is 6. The molecule has 0 aliphatic carbocycles. The third-order valence-corrected chi connectivity index (χ3v) is 4.69. The van der Waals surface area contributed by atoms with Gasteiger partial charge in [-0.3, -0.25) is 0 Å². The van der Waals surface area contributed by atoms with Crippen molar-refractivity contribution >= 4 is 40.5 Å². The Balaban J connectivity index is 2.04. The standard InChI is InChI=1S/C16H10Cl3F3N2O/c1-8-2-9(7-23-14(8)19)13-6-15(25-24-13,16(20,21)22)10-3-11(17)5-12(18)4-10/h2-5,7H,6H2,1H3. The van der Waals surface area contributed by atoms with Crippen LogP contribution in [0.3, 0.4) is 0 Å². The summed E-state index contributed by atoms with van der Waals surface area (Å²) >= 11 is 17.6. The van der Waals surface area contributed by atoms with Crippen LogP contribution in [0.1, 0.15) is 23.1 Å². The number of hydrogen-bond donors (Lipinski definition) is 0. The molecule has 9 heteroatoms. The molecule has 1 unspecified atom stereocenters. The molecule has 0 radical (unpaired) electrons. The summed E-state index contributed by atoms with van der Waals surface area (Å²) in [6.45, 7) is 1.70. The summed E-state index contributed by atoms with van der Waals surface area (Å²) in [7, 11) is 0. The number of nitrogens with zero attached hydrogens (tertiary/aromatic N) is 2. The number of benzene rings is 1. The molecule has 132 valence electrons. The second-order valence-corrected chi connectivity index (χ2v) is 6.85. The lowest BCUT2D eigenvalue weighted by Gasteiger charge is -2.29. The van der Waals surface area contributed by atoms with Crippen LogP contribution in [0.4, 0.5) is 13.2 Å². The predicted molar refractivity (Wildman–Crippen MR) is 90.4 cm³/mol. The molecule has 0 saturated heterocycles. The molecule has 3 nitrogen and oxygen atoms in total. The second-order valence-electron chi connectivity index (χ2n) is 5.62. The minimum atomic E-state index is -4.73. The molecule has 2 aromatic rings. The van der Waals surface area contributed by atoms with Gasteiger partial charge < -0.3 is 4.84 Å². The third-order valence-electron chi connectivity index (χ3n) is 3.86. The average molecular weight is 410 g/mol. The van der Waals surface area contributed by atoms with Crippen molar-refractivity contribution in [2.24, 2.45) is 5.16 Å². The van der Waals surface area contributed by atoms with E-state index in [4.69, 9.17) is 39.6 Å². The first-order valence-corrected chi connectivity index (χ1v) is 8.17. The van der Waals surface area contributed by atoms with Gasteiger partial charge >= 0.3 is 6.18 Å². The maximum Gasteiger partial charge on any atom is 0.435 e. The van der Waals surface area contributed by atoms with E-state index < -0.39 is 18.2 Å². The van der Waals surface area contributed by atoms with E-state index in [0.29, 0.717) is 11.1 Å². The molecule has 1 atom stereocenters. The van der Waals surface area contributed by atoms with Crippen molar-refractivity contribution in [1.29, 1.82) is 0 Å². The van der Waals surface area contributed by atoms with Gasteiger partial charge in [0, 0.05) is 27.4 Å². The fourth-order valence-corrected chi connectivity index (χ4v) is 3.19. The number of pyridine rings is 1. The Hall–Kier alpha value is -1.50. The number of aromatic nitrogens is 1. The minimum absolute atomic E-state index is 0.0761. The first kappa shape index (κ1) is 18.3. The van der Waals surface area contributed by atoms with Crippen LogP contribution < -0.4 is 0 Å². The molecular formula is C16H10Cl3F3N2O. The summed E-state index contributed by atoms with van der Waals surface area (Å²) in [5, 5.41) is 4.08. The molecule has 0 N–H and O–H groups in total. The Morgan fingerprint density at radius 1 is 1.08 bits per heavy atom. The minimum Gasteiger partial charge on any atom is -0.374 e. The van der Waals surface area contributed by atoms with E-state index in [9.17, 15) is 13.2 Å². The van der Waals surface area contributed by atoms with Crippen molar-refractivity contribution in [3.05, 3.63) is 62.4 Å². The third kappa shape index (κ3) is 3.30. The van der Waals surface area contributed by atoms with Crippen LogP contribution in [-0.4, -0.2) is 16.9 Å². The van der Waals surface area contributed by atoms with Crippen LogP contribution in [0.25, 0.3) is 0 Å². The van der Waals surface area contributed by atoms with Gasteiger partial charge in [0.2, 0.25) is 0 Å². The predicted octanol–water partition coefficient (Wildman–Crippen LogP) is 5.93. The van der Waals surface area contributed by atoms with Crippen molar-refractivity contribution in [3.8, 4) is 0 Å². The number of oxime groups is 1. The van der Waals surface area contributed by atoms with E-state index in [-0.39, 0.29) is 26.5 Å². The fraction of sp³-hybridized carbons (Fsp3) is 0.250. The number of aryl methyl sites for hydroxylation is 1. The lowest BCUT2D eigenvalue weighted by atomic mass is 9.86. The summed E-state index contributed by atoms with van der Waals surface area (Å²) in [5.74, 6) is 0. The topological polar surface area (TPSA) is 34.5 Å². The molecule has 1 aromatic carbocycles. The zero-order valence-electron chi connectivity index (χ0n) is 12.7. The number of alkyl halides is 3. The highest BCUT2D eigenvalue weighted by Gasteiger charge is 2.62. The Bertz CT molecular complexity index is 850. The molecular weight excluding hydrogens is 400 g/mol. The average Bonchev–Trinajstić information content (AvgIpc) is 2.95. The molecule has 1 aliphatic heterocycles. The quantitative estimate of drug-likeness (QED) is 0.576. The molecule has 2 heterocycles. The van der Waals surface area contributed by atoms with Crippen LogP contribution in [0, 0.1) is 6.92 Å². The number of hydrogen-bond acceptors (Lipinski definition) is 3. The second kappa shape index (κ2) is 6.34. The summed E-state index contributed by atoms with van der Waals surface area (Å²) in [4.78, 5) is 8.86. The summed E-state index contributed by atoms with van der Waals surface area (Å²) < 4.78 is 41.6.